The number of halogens is 2. The maximum absolute atomic E-state index is 14.1. The highest BCUT2D eigenvalue weighted by molar-refractivity contribution is 5.77. The number of nitrogens with one attached hydrogen (secondary N) is 1. The summed E-state index contributed by atoms with van der Waals surface area (Å²) in [5.41, 5.74) is 3.31. The summed E-state index contributed by atoms with van der Waals surface area (Å²) in [6.45, 7) is 2.27. The third-order valence-corrected chi connectivity index (χ3v) is 6.62. The first kappa shape index (κ1) is 22.6. The van der Waals surface area contributed by atoms with Crippen LogP contribution in [0.2, 0.25) is 0 Å². The van der Waals surface area contributed by atoms with Gasteiger partial charge in [-0.1, -0.05) is 18.2 Å². The number of para-hydroxylation sites is 2. The Hall–Kier alpha value is -3.86. The van der Waals surface area contributed by atoms with Gasteiger partial charge in [0.15, 0.2) is 5.82 Å². The van der Waals surface area contributed by atoms with Gasteiger partial charge < -0.3 is 19.7 Å². The van der Waals surface area contributed by atoms with Crippen molar-refractivity contribution in [2.24, 2.45) is 0 Å². The van der Waals surface area contributed by atoms with E-state index in [-0.39, 0.29) is 12.0 Å². The largest absolute Gasteiger partial charge is 0.497 e. The van der Waals surface area contributed by atoms with Crippen molar-refractivity contribution >= 4 is 22.9 Å². The fourth-order valence-corrected chi connectivity index (χ4v) is 4.84. The number of anilines is 2. The number of aryl methyl sites for hydroxylation is 1. The first-order chi connectivity index (χ1) is 17.6. The second kappa shape index (κ2) is 9.30. The van der Waals surface area contributed by atoms with Crippen LogP contribution in [0.5, 0.6) is 5.75 Å². The first-order valence-electron chi connectivity index (χ1n) is 11.9. The van der Waals surface area contributed by atoms with E-state index in [1.54, 1.807) is 31.4 Å². The lowest BCUT2D eigenvalue weighted by atomic mass is 10.1. The van der Waals surface area contributed by atoms with Gasteiger partial charge in [0.2, 0.25) is 17.8 Å². The summed E-state index contributed by atoms with van der Waals surface area (Å²) in [4.78, 5) is 20.0. The smallest absolute Gasteiger partial charge is 0.296 e. The molecule has 0 bridgehead atoms. The van der Waals surface area contributed by atoms with E-state index in [0.29, 0.717) is 49.2 Å². The summed E-state index contributed by atoms with van der Waals surface area (Å²) < 4.78 is 40.3. The van der Waals surface area contributed by atoms with Gasteiger partial charge in [0.1, 0.15) is 5.75 Å². The Morgan fingerprint density at radius 1 is 1.03 bits per heavy atom. The molecule has 0 saturated carbocycles. The number of fused-ring (bicyclic) bond motifs is 2. The summed E-state index contributed by atoms with van der Waals surface area (Å²) in [6.07, 6.45) is -1.04. The molecule has 1 N–H and O–H groups in total. The van der Waals surface area contributed by atoms with Crippen molar-refractivity contribution in [3.8, 4) is 11.7 Å². The van der Waals surface area contributed by atoms with Crippen LogP contribution < -0.4 is 15.0 Å². The monoisotopic (exact) mass is 493 g/mol. The van der Waals surface area contributed by atoms with Crippen LogP contribution >= 0.6 is 0 Å². The SMILES string of the molecule is COc1ccc2c(c1)C(Nc1nc(N3CCOCC3)nc(-n3c(C(F)F)nc4ccccc43)n1)CC2. The minimum Gasteiger partial charge on any atom is -0.497 e. The topological polar surface area (TPSA) is 90.2 Å². The fourth-order valence-electron chi connectivity index (χ4n) is 4.84. The van der Waals surface area contributed by atoms with Crippen LogP contribution in [-0.2, 0) is 11.2 Å². The van der Waals surface area contributed by atoms with E-state index in [0.717, 1.165) is 24.2 Å². The Morgan fingerprint density at radius 3 is 2.64 bits per heavy atom. The van der Waals surface area contributed by atoms with Crippen LogP contribution in [0.15, 0.2) is 42.5 Å². The molecule has 36 heavy (non-hydrogen) atoms. The van der Waals surface area contributed by atoms with Gasteiger partial charge in [-0.3, -0.25) is 4.57 Å². The number of rotatable bonds is 6. The van der Waals surface area contributed by atoms with E-state index >= 15 is 0 Å². The number of benzene rings is 2. The average Bonchev–Trinajstić information content (AvgIpc) is 3.50. The summed E-state index contributed by atoms with van der Waals surface area (Å²) in [7, 11) is 1.64. The predicted octanol–water partition coefficient (Wildman–Crippen LogP) is 4.09. The predicted molar refractivity (Wildman–Crippen MR) is 130 cm³/mol. The molecule has 1 aliphatic heterocycles. The molecule has 2 aromatic heterocycles. The Morgan fingerprint density at radius 2 is 1.83 bits per heavy atom. The number of nitrogens with zero attached hydrogens (tertiary/aromatic N) is 6. The van der Waals surface area contributed by atoms with E-state index in [4.69, 9.17) is 9.47 Å². The molecule has 1 fully saturated rings. The van der Waals surface area contributed by atoms with Gasteiger partial charge in [0.05, 0.1) is 37.4 Å². The molecule has 1 aliphatic carbocycles. The van der Waals surface area contributed by atoms with Gasteiger partial charge in [0, 0.05) is 13.1 Å². The third-order valence-electron chi connectivity index (χ3n) is 6.62. The first-order valence-corrected chi connectivity index (χ1v) is 11.9. The van der Waals surface area contributed by atoms with Crippen molar-refractivity contribution < 1.29 is 18.3 Å². The normalized spacial score (nSPS) is 17.6. The number of ether oxygens (including phenoxy) is 2. The van der Waals surface area contributed by atoms with Crippen molar-refractivity contribution in [1.82, 2.24) is 24.5 Å². The number of hydrogen-bond donors (Lipinski definition) is 1. The zero-order valence-electron chi connectivity index (χ0n) is 19.7. The zero-order chi connectivity index (χ0) is 24.6. The third kappa shape index (κ3) is 4.09. The highest BCUT2D eigenvalue weighted by atomic mass is 19.3. The minimum absolute atomic E-state index is 0.0445. The molecule has 186 valence electrons. The number of aromatic nitrogens is 5. The van der Waals surface area contributed by atoms with Crippen molar-refractivity contribution in [2.75, 3.05) is 43.6 Å². The van der Waals surface area contributed by atoms with E-state index in [2.05, 4.69) is 31.3 Å². The second-order valence-corrected chi connectivity index (χ2v) is 8.75. The lowest BCUT2D eigenvalue weighted by Gasteiger charge is -2.27. The van der Waals surface area contributed by atoms with E-state index < -0.39 is 12.2 Å². The van der Waals surface area contributed by atoms with Crippen LogP contribution in [0.4, 0.5) is 20.7 Å². The molecule has 9 nitrogen and oxygen atoms in total. The lowest BCUT2D eigenvalue weighted by Crippen LogP contribution is -2.37. The highest BCUT2D eigenvalue weighted by Crippen LogP contribution is 2.36. The quantitative estimate of drug-likeness (QED) is 0.430. The molecular formula is C25H25F2N7O2. The Balaban J connectivity index is 1.45. The summed E-state index contributed by atoms with van der Waals surface area (Å²) in [5, 5.41) is 3.43. The number of imidazole rings is 1. The van der Waals surface area contributed by atoms with Gasteiger partial charge in [-0.05, 0) is 48.2 Å². The second-order valence-electron chi connectivity index (χ2n) is 8.75. The summed E-state index contributed by atoms with van der Waals surface area (Å²) in [6, 6.07) is 13.0. The van der Waals surface area contributed by atoms with Gasteiger partial charge in [0.25, 0.3) is 6.43 Å². The van der Waals surface area contributed by atoms with Gasteiger partial charge in [-0.25, -0.2) is 13.8 Å². The van der Waals surface area contributed by atoms with Crippen LogP contribution in [0.3, 0.4) is 0 Å². The maximum atomic E-state index is 14.1. The van der Waals surface area contributed by atoms with Crippen molar-refractivity contribution in [3.05, 3.63) is 59.4 Å². The van der Waals surface area contributed by atoms with E-state index in [1.807, 2.05) is 17.0 Å². The van der Waals surface area contributed by atoms with Gasteiger partial charge in [-0.15, -0.1) is 0 Å². The summed E-state index contributed by atoms with van der Waals surface area (Å²) in [5.74, 6) is 1.20. The molecule has 3 heterocycles. The zero-order valence-corrected chi connectivity index (χ0v) is 19.7. The van der Waals surface area contributed by atoms with Crippen LogP contribution in [0.1, 0.15) is 35.8 Å². The van der Waals surface area contributed by atoms with Crippen molar-refractivity contribution in [1.29, 1.82) is 0 Å². The number of alkyl halides is 2. The standard InChI is InChI=1S/C25H25F2N7O2/c1-35-16-8-6-15-7-9-18(17(15)14-16)29-23-30-24(33-10-12-36-13-11-33)32-25(31-23)34-20-5-3-2-4-19(20)28-22(34)21(26)27/h2-6,8,14,18,21H,7,9-13H2,1H3,(H,29,30,31,32). The Bertz CT molecular complexity index is 1400. The van der Waals surface area contributed by atoms with E-state index in [1.165, 1.54) is 10.1 Å². The Labute approximate surface area is 206 Å². The van der Waals surface area contributed by atoms with Crippen LogP contribution in [-0.4, -0.2) is 57.9 Å². The fraction of sp³-hybridized carbons (Fsp3) is 0.360. The Kier molecular flexibility index (Phi) is 5.84. The number of hydrogen-bond acceptors (Lipinski definition) is 8. The highest BCUT2D eigenvalue weighted by Gasteiger charge is 2.27. The van der Waals surface area contributed by atoms with Gasteiger partial charge >= 0.3 is 0 Å². The summed E-state index contributed by atoms with van der Waals surface area (Å²) >= 11 is 0. The molecule has 0 spiro atoms. The van der Waals surface area contributed by atoms with Crippen molar-refractivity contribution in [2.45, 2.75) is 25.3 Å². The number of morpholine rings is 1. The molecule has 6 rings (SSSR count). The number of methoxy groups -OCH3 is 1. The molecule has 2 aromatic carbocycles. The molecule has 0 amide bonds. The minimum atomic E-state index is -2.80. The van der Waals surface area contributed by atoms with E-state index in [9.17, 15) is 8.78 Å². The maximum Gasteiger partial charge on any atom is 0.296 e. The van der Waals surface area contributed by atoms with Gasteiger partial charge in [-0.2, -0.15) is 15.0 Å². The van der Waals surface area contributed by atoms with Crippen molar-refractivity contribution in [3.63, 3.8) is 0 Å². The molecule has 1 atom stereocenters. The molecular weight excluding hydrogens is 468 g/mol. The molecule has 1 saturated heterocycles. The molecule has 4 aromatic rings. The molecule has 11 heteroatoms. The van der Waals surface area contributed by atoms with Crippen LogP contribution in [0, 0.1) is 0 Å². The van der Waals surface area contributed by atoms with Crippen LogP contribution in [0.25, 0.3) is 17.0 Å². The molecule has 0 radical (unpaired) electrons. The lowest BCUT2D eigenvalue weighted by molar-refractivity contribution is 0.122. The molecule has 1 unspecified atom stereocenters. The average molecular weight is 494 g/mol. The molecule has 2 aliphatic rings.